The molecule has 1 aromatic heterocycles. The van der Waals surface area contributed by atoms with E-state index >= 15 is 0 Å². The van der Waals surface area contributed by atoms with Crippen molar-refractivity contribution in [1.29, 1.82) is 0 Å². The van der Waals surface area contributed by atoms with Crippen LogP contribution in [0.15, 0.2) is 47.9 Å². The number of thiophene rings is 1. The molecule has 0 aliphatic heterocycles. The van der Waals surface area contributed by atoms with Crippen LogP contribution in [0.5, 0.6) is 0 Å². The Morgan fingerprint density at radius 3 is 2.71 bits per heavy atom. The van der Waals surface area contributed by atoms with Gasteiger partial charge in [-0.3, -0.25) is 4.79 Å². The van der Waals surface area contributed by atoms with Crippen LogP contribution in [0.2, 0.25) is 0 Å². The lowest BCUT2D eigenvalue weighted by Crippen LogP contribution is -2.37. The standard InChI is InChI=1S/C16H16FNO2S/c1-16(20,14-3-2-10-21-14)11-18-15(19)9-6-12-4-7-13(17)8-5-12/h2-10,20H,11H2,1H3,(H,18,19). The molecule has 1 unspecified atom stereocenters. The van der Waals surface area contributed by atoms with E-state index in [4.69, 9.17) is 0 Å². The van der Waals surface area contributed by atoms with Gasteiger partial charge in [0.2, 0.25) is 5.91 Å². The lowest BCUT2D eigenvalue weighted by molar-refractivity contribution is -0.117. The van der Waals surface area contributed by atoms with Crippen LogP contribution in [0, 0.1) is 5.82 Å². The average molecular weight is 305 g/mol. The molecule has 1 heterocycles. The van der Waals surface area contributed by atoms with Crippen molar-refractivity contribution in [2.24, 2.45) is 0 Å². The third-order valence-corrected chi connectivity index (χ3v) is 4.08. The Bertz CT molecular complexity index is 618. The third kappa shape index (κ3) is 4.51. The number of nitrogens with one attached hydrogen (secondary N) is 1. The molecule has 0 aliphatic rings. The molecule has 0 saturated carbocycles. The van der Waals surface area contributed by atoms with Crippen LogP contribution in [0.3, 0.4) is 0 Å². The van der Waals surface area contributed by atoms with E-state index in [1.165, 1.54) is 29.5 Å². The number of carbonyl (C=O) groups excluding carboxylic acids is 1. The van der Waals surface area contributed by atoms with Crippen molar-refractivity contribution >= 4 is 23.3 Å². The molecule has 2 aromatic rings. The number of hydrogen-bond donors (Lipinski definition) is 2. The fraction of sp³-hybridized carbons (Fsp3) is 0.188. The first-order valence-electron chi connectivity index (χ1n) is 6.45. The number of halogens is 1. The van der Waals surface area contributed by atoms with E-state index in [9.17, 15) is 14.3 Å². The summed E-state index contributed by atoms with van der Waals surface area (Å²) in [6.45, 7) is 1.78. The third-order valence-electron chi connectivity index (χ3n) is 2.96. The van der Waals surface area contributed by atoms with Crippen molar-refractivity contribution in [1.82, 2.24) is 5.32 Å². The maximum absolute atomic E-state index is 12.7. The van der Waals surface area contributed by atoms with Crippen LogP contribution in [0.1, 0.15) is 17.4 Å². The molecule has 3 nitrogen and oxygen atoms in total. The summed E-state index contributed by atoms with van der Waals surface area (Å²) in [6, 6.07) is 9.51. The second kappa shape index (κ2) is 6.65. The van der Waals surface area contributed by atoms with Crippen LogP contribution in [0.4, 0.5) is 4.39 Å². The van der Waals surface area contributed by atoms with Crippen molar-refractivity contribution in [3.05, 3.63) is 64.1 Å². The highest BCUT2D eigenvalue weighted by Crippen LogP contribution is 2.24. The van der Waals surface area contributed by atoms with Gasteiger partial charge < -0.3 is 10.4 Å². The minimum atomic E-state index is -1.09. The van der Waals surface area contributed by atoms with Gasteiger partial charge in [0.1, 0.15) is 11.4 Å². The fourth-order valence-corrected chi connectivity index (χ4v) is 2.52. The maximum Gasteiger partial charge on any atom is 0.244 e. The predicted octanol–water partition coefficient (Wildman–Crippen LogP) is 2.92. The summed E-state index contributed by atoms with van der Waals surface area (Å²) in [5.74, 6) is -0.625. The lowest BCUT2D eigenvalue weighted by Gasteiger charge is -2.21. The van der Waals surface area contributed by atoms with E-state index in [-0.39, 0.29) is 18.3 Å². The second-order valence-electron chi connectivity index (χ2n) is 4.85. The topological polar surface area (TPSA) is 49.3 Å². The number of amides is 1. The number of benzene rings is 1. The molecule has 0 bridgehead atoms. The van der Waals surface area contributed by atoms with Gasteiger partial charge in [0.15, 0.2) is 0 Å². The Hall–Kier alpha value is -1.98. The van der Waals surface area contributed by atoms with E-state index in [0.717, 1.165) is 10.4 Å². The zero-order valence-corrected chi connectivity index (χ0v) is 12.4. The van der Waals surface area contributed by atoms with Crippen molar-refractivity contribution in [3.63, 3.8) is 0 Å². The van der Waals surface area contributed by atoms with Crippen LogP contribution in [-0.2, 0) is 10.4 Å². The Kier molecular flexibility index (Phi) is 4.88. The molecule has 0 spiro atoms. The molecule has 0 aliphatic carbocycles. The molecule has 1 amide bonds. The first-order valence-corrected chi connectivity index (χ1v) is 7.33. The van der Waals surface area contributed by atoms with Gasteiger partial charge in [-0.15, -0.1) is 11.3 Å². The summed E-state index contributed by atoms with van der Waals surface area (Å²) in [5, 5.41) is 14.8. The molecule has 2 rings (SSSR count). The monoisotopic (exact) mass is 305 g/mol. The zero-order chi connectivity index (χ0) is 15.3. The summed E-state index contributed by atoms with van der Waals surface area (Å²) in [5.41, 5.74) is -0.357. The molecule has 2 N–H and O–H groups in total. The first kappa shape index (κ1) is 15.4. The molecule has 0 fully saturated rings. The average Bonchev–Trinajstić information content (AvgIpc) is 3.00. The molecule has 0 radical (unpaired) electrons. The summed E-state index contributed by atoms with van der Waals surface area (Å²) in [4.78, 5) is 12.5. The maximum atomic E-state index is 12.7. The molecular weight excluding hydrogens is 289 g/mol. The number of hydrogen-bond acceptors (Lipinski definition) is 3. The Morgan fingerprint density at radius 1 is 1.38 bits per heavy atom. The minimum Gasteiger partial charge on any atom is -0.383 e. The minimum absolute atomic E-state index is 0.125. The van der Waals surface area contributed by atoms with Gasteiger partial charge in [0.05, 0.1) is 6.54 Å². The van der Waals surface area contributed by atoms with Gasteiger partial charge in [-0.05, 0) is 42.1 Å². The normalized spacial score (nSPS) is 14.0. The van der Waals surface area contributed by atoms with Gasteiger partial charge in [-0.1, -0.05) is 18.2 Å². The number of aliphatic hydroxyl groups is 1. The van der Waals surface area contributed by atoms with E-state index < -0.39 is 5.60 Å². The SMILES string of the molecule is CC(O)(CNC(=O)C=Cc1ccc(F)cc1)c1cccs1. The van der Waals surface area contributed by atoms with E-state index in [2.05, 4.69) is 5.32 Å². The highest BCUT2D eigenvalue weighted by Gasteiger charge is 2.24. The summed E-state index contributed by atoms with van der Waals surface area (Å²) < 4.78 is 12.7. The van der Waals surface area contributed by atoms with Crippen molar-refractivity contribution in [2.45, 2.75) is 12.5 Å². The molecule has 0 saturated heterocycles. The Labute approximate surface area is 126 Å². The highest BCUT2D eigenvalue weighted by atomic mass is 32.1. The molecule has 21 heavy (non-hydrogen) atoms. The van der Waals surface area contributed by atoms with Crippen LogP contribution >= 0.6 is 11.3 Å². The van der Waals surface area contributed by atoms with Crippen LogP contribution in [-0.4, -0.2) is 17.6 Å². The van der Waals surface area contributed by atoms with Crippen LogP contribution < -0.4 is 5.32 Å². The zero-order valence-electron chi connectivity index (χ0n) is 11.5. The van der Waals surface area contributed by atoms with E-state index in [1.807, 2.05) is 17.5 Å². The van der Waals surface area contributed by atoms with Gasteiger partial charge in [0.25, 0.3) is 0 Å². The van der Waals surface area contributed by atoms with E-state index in [1.54, 1.807) is 25.1 Å². The molecule has 1 aromatic carbocycles. The van der Waals surface area contributed by atoms with Crippen molar-refractivity contribution in [2.75, 3.05) is 6.54 Å². The predicted molar refractivity (Wildman–Crippen MR) is 82.3 cm³/mol. The lowest BCUT2D eigenvalue weighted by atomic mass is 10.1. The summed E-state index contributed by atoms with van der Waals surface area (Å²) >= 11 is 1.44. The molecular formula is C16H16FNO2S. The largest absolute Gasteiger partial charge is 0.383 e. The molecule has 1 atom stereocenters. The summed E-state index contributed by atoms with van der Waals surface area (Å²) in [7, 11) is 0. The van der Waals surface area contributed by atoms with Crippen molar-refractivity contribution < 1.29 is 14.3 Å². The Balaban J connectivity index is 1.89. The van der Waals surface area contributed by atoms with Gasteiger partial charge >= 0.3 is 0 Å². The van der Waals surface area contributed by atoms with Crippen molar-refractivity contribution in [3.8, 4) is 0 Å². The smallest absolute Gasteiger partial charge is 0.244 e. The van der Waals surface area contributed by atoms with Gasteiger partial charge in [0, 0.05) is 11.0 Å². The number of rotatable bonds is 5. The van der Waals surface area contributed by atoms with Crippen LogP contribution in [0.25, 0.3) is 6.08 Å². The number of carbonyl (C=O) groups is 1. The second-order valence-corrected chi connectivity index (χ2v) is 5.80. The van der Waals surface area contributed by atoms with Gasteiger partial charge in [-0.25, -0.2) is 4.39 Å². The highest BCUT2D eigenvalue weighted by molar-refractivity contribution is 7.10. The van der Waals surface area contributed by atoms with Gasteiger partial charge in [-0.2, -0.15) is 0 Å². The summed E-state index contributed by atoms with van der Waals surface area (Å²) in [6.07, 6.45) is 2.95. The molecule has 110 valence electrons. The Morgan fingerprint density at radius 2 is 2.10 bits per heavy atom. The molecule has 5 heteroatoms. The van der Waals surface area contributed by atoms with E-state index in [0.29, 0.717) is 0 Å². The fourth-order valence-electron chi connectivity index (χ4n) is 1.74. The first-order chi connectivity index (χ1) is 9.97. The quantitative estimate of drug-likeness (QED) is 0.835.